The van der Waals surface area contributed by atoms with Gasteiger partial charge in [-0.25, -0.2) is 0 Å². The van der Waals surface area contributed by atoms with E-state index in [9.17, 15) is 4.79 Å². The number of nitrogens with one attached hydrogen (secondary N) is 1. The van der Waals surface area contributed by atoms with E-state index >= 15 is 0 Å². The highest BCUT2D eigenvalue weighted by Crippen LogP contribution is 2.17. The Morgan fingerprint density at radius 3 is 2.36 bits per heavy atom. The number of anilines is 1. The fraction of sp³-hybridized carbons (Fsp3) is 0.118. The molecule has 0 unspecified atom stereocenters. The SMILES string of the molecule is O=C(CCc1nnc(-c2ccccc2)o1)Nc1ccccc1. The molecule has 0 spiro atoms. The zero-order chi connectivity index (χ0) is 15.2. The van der Waals surface area contributed by atoms with E-state index in [1.165, 1.54) is 0 Å². The van der Waals surface area contributed by atoms with Gasteiger partial charge in [-0.05, 0) is 24.3 Å². The number of amides is 1. The molecule has 0 aliphatic carbocycles. The second-order valence-electron chi connectivity index (χ2n) is 4.78. The molecular formula is C17H15N3O2. The molecule has 3 aromatic rings. The molecule has 22 heavy (non-hydrogen) atoms. The molecular weight excluding hydrogens is 278 g/mol. The predicted octanol–water partition coefficient (Wildman–Crippen LogP) is 3.31. The Bertz CT molecular complexity index is 739. The molecule has 0 aliphatic heterocycles. The number of nitrogens with zero attached hydrogens (tertiary/aromatic N) is 2. The van der Waals surface area contributed by atoms with Crippen LogP contribution in [0.25, 0.3) is 11.5 Å². The van der Waals surface area contributed by atoms with E-state index in [0.29, 0.717) is 24.6 Å². The van der Waals surface area contributed by atoms with Crippen LogP contribution in [0.3, 0.4) is 0 Å². The number of aromatic nitrogens is 2. The Hall–Kier alpha value is -2.95. The normalized spacial score (nSPS) is 10.4. The number of hydrogen-bond donors (Lipinski definition) is 1. The van der Waals surface area contributed by atoms with Crippen molar-refractivity contribution in [3.8, 4) is 11.5 Å². The molecule has 2 aromatic carbocycles. The average molecular weight is 293 g/mol. The number of carbonyl (C=O) groups is 1. The Morgan fingerprint density at radius 1 is 0.955 bits per heavy atom. The van der Waals surface area contributed by atoms with Gasteiger partial charge in [-0.2, -0.15) is 0 Å². The quantitative estimate of drug-likeness (QED) is 0.783. The monoisotopic (exact) mass is 293 g/mol. The molecule has 3 rings (SSSR count). The first-order valence-electron chi connectivity index (χ1n) is 7.04. The van der Waals surface area contributed by atoms with Crippen LogP contribution in [0.15, 0.2) is 65.1 Å². The number of hydrogen-bond acceptors (Lipinski definition) is 4. The summed E-state index contributed by atoms with van der Waals surface area (Å²) >= 11 is 0. The molecule has 0 bridgehead atoms. The molecule has 110 valence electrons. The van der Waals surface area contributed by atoms with Crippen molar-refractivity contribution in [1.82, 2.24) is 10.2 Å². The Labute approximate surface area is 128 Å². The smallest absolute Gasteiger partial charge is 0.247 e. The minimum Gasteiger partial charge on any atom is -0.421 e. The molecule has 1 aromatic heterocycles. The van der Waals surface area contributed by atoms with Crippen molar-refractivity contribution in [2.45, 2.75) is 12.8 Å². The Kier molecular flexibility index (Phi) is 4.25. The summed E-state index contributed by atoms with van der Waals surface area (Å²) in [6.07, 6.45) is 0.712. The van der Waals surface area contributed by atoms with E-state index in [1.54, 1.807) is 0 Å². The lowest BCUT2D eigenvalue weighted by molar-refractivity contribution is -0.116. The first kappa shape index (κ1) is 14.0. The molecule has 0 fully saturated rings. The lowest BCUT2D eigenvalue weighted by atomic mass is 10.2. The summed E-state index contributed by atoms with van der Waals surface area (Å²) < 4.78 is 5.57. The highest BCUT2D eigenvalue weighted by atomic mass is 16.4. The average Bonchev–Trinajstić information content (AvgIpc) is 3.04. The van der Waals surface area contributed by atoms with Crippen LogP contribution in [0.1, 0.15) is 12.3 Å². The molecule has 0 aliphatic rings. The second-order valence-corrected chi connectivity index (χ2v) is 4.78. The standard InChI is InChI=1S/C17H15N3O2/c21-15(18-14-9-5-2-6-10-14)11-12-16-19-20-17(22-16)13-7-3-1-4-8-13/h1-10H,11-12H2,(H,18,21). The van der Waals surface area contributed by atoms with E-state index in [-0.39, 0.29) is 5.91 Å². The van der Waals surface area contributed by atoms with Gasteiger partial charge in [-0.3, -0.25) is 4.79 Å². The molecule has 1 heterocycles. The van der Waals surface area contributed by atoms with Gasteiger partial charge in [0.2, 0.25) is 17.7 Å². The maximum atomic E-state index is 11.9. The van der Waals surface area contributed by atoms with Crippen molar-refractivity contribution in [2.24, 2.45) is 0 Å². The molecule has 1 N–H and O–H groups in total. The highest BCUT2D eigenvalue weighted by molar-refractivity contribution is 5.90. The summed E-state index contributed by atoms with van der Waals surface area (Å²) in [6.45, 7) is 0. The first-order valence-corrected chi connectivity index (χ1v) is 7.04. The van der Waals surface area contributed by atoms with Crippen LogP contribution in [-0.2, 0) is 11.2 Å². The zero-order valence-corrected chi connectivity index (χ0v) is 11.9. The summed E-state index contributed by atoms with van der Waals surface area (Å²) in [7, 11) is 0. The third-order valence-electron chi connectivity index (χ3n) is 3.11. The van der Waals surface area contributed by atoms with Gasteiger partial charge in [0.15, 0.2) is 0 Å². The first-order chi connectivity index (χ1) is 10.8. The van der Waals surface area contributed by atoms with Crippen LogP contribution in [0.5, 0.6) is 0 Å². The summed E-state index contributed by atoms with van der Waals surface area (Å²) in [6, 6.07) is 18.9. The molecule has 1 amide bonds. The number of aryl methyl sites for hydroxylation is 1. The van der Waals surface area contributed by atoms with Gasteiger partial charge in [0.05, 0.1) is 0 Å². The number of carbonyl (C=O) groups excluding carboxylic acids is 1. The van der Waals surface area contributed by atoms with Crippen LogP contribution < -0.4 is 5.32 Å². The van der Waals surface area contributed by atoms with E-state index in [4.69, 9.17) is 4.42 Å². The summed E-state index contributed by atoms with van der Waals surface area (Å²) in [4.78, 5) is 11.9. The predicted molar refractivity (Wildman–Crippen MR) is 83.1 cm³/mol. The molecule has 0 atom stereocenters. The van der Waals surface area contributed by atoms with Gasteiger partial charge >= 0.3 is 0 Å². The molecule has 0 radical (unpaired) electrons. The third-order valence-corrected chi connectivity index (χ3v) is 3.11. The largest absolute Gasteiger partial charge is 0.421 e. The van der Waals surface area contributed by atoms with E-state index in [2.05, 4.69) is 15.5 Å². The minimum atomic E-state index is -0.0781. The maximum absolute atomic E-state index is 11.9. The van der Waals surface area contributed by atoms with Gasteiger partial charge in [-0.1, -0.05) is 36.4 Å². The highest BCUT2D eigenvalue weighted by Gasteiger charge is 2.10. The van der Waals surface area contributed by atoms with Crippen LogP contribution in [-0.4, -0.2) is 16.1 Å². The maximum Gasteiger partial charge on any atom is 0.247 e. The molecule has 0 saturated heterocycles. The summed E-state index contributed by atoms with van der Waals surface area (Å²) in [5, 5.41) is 10.8. The van der Waals surface area contributed by atoms with Gasteiger partial charge in [-0.15, -0.1) is 10.2 Å². The van der Waals surface area contributed by atoms with E-state index in [0.717, 1.165) is 11.3 Å². The Balaban J connectivity index is 1.56. The van der Waals surface area contributed by atoms with E-state index in [1.807, 2.05) is 60.7 Å². The van der Waals surface area contributed by atoms with Crippen molar-refractivity contribution in [1.29, 1.82) is 0 Å². The lowest BCUT2D eigenvalue weighted by Gasteiger charge is -2.03. The van der Waals surface area contributed by atoms with E-state index < -0.39 is 0 Å². The second kappa shape index (κ2) is 6.67. The summed E-state index contributed by atoms with van der Waals surface area (Å²) in [5.41, 5.74) is 1.65. The molecule has 5 heteroatoms. The Morgan fingerprint density at radius 2 is 1.64 bits per heavy atom. The van der Waals surface area contributed by atoms with Crippen molar-refractivity contribution >= 4 is 11.6 Å². The molecule has 0 saturated carbocycles. The fourth-order valence-electron chi connectivity index (χ4n) is 2.02. The minimum absolute atomic E-state index is 0.0781. The van der Waals surface area contributed by atoms with Crippen LogP contribution >= 0.6 is 0 Å². The number of rotatable bonds is 5. The van der Waals surface area contributed by atoms with Crippen molar-refractivity contribution < 1.29 is 9.21 Å². The van der Waals surface area contributed by atoms with Gasteiger partial charge in [0, 0.05) is 24.1 Å². The van der Waals surface area contributed by atoms with Crippen molar-refractivity contribution in [3.05, 3.63) is 66.6 Å². The van der Waals surface area contributed by atoms with Crippen LogP contribution in [0.2, 0.25) is 0 Å². The lowest BCUT2D eigenvalue weighted by Crippen LogP contribution is -2.12. The van der Waals surface area contributed by atoms with Gasteiger partial charge in [0.25, 0.3) is 0 Å². The third kappa shape index (κ3) is 3.58. The van der Waals surface area contributed by atoms with Crippen LogP contribution in [0.4, 0.5) is 5.69 Å². The molecule has 5 nitrogen and oxygen atoms in total. The van der Waals surface area contributed by atoms with Gasteiger partial charge < -0.3 is 9.73 Å². The number of benzene rings is 2. The number of para-hydroxylation sites is 1. The fourth-order valence-corrected chi connectivity index (χ4v) is 2.02. The summed E-state index contributed by atoms with van der Waals surface area (Å²) in [5.74, 6) is 0.854. The van der Waals surface area contributed by atoms with Crippen LogP contribution in [0, 0.1) is 0 Å². The topological polar surface area (TPSA) is 68.0 Å². The zero-order valence-electron chi connectivity index (χ0n) is 11.9. The van der Waals surface area contributed by atoms with Crippen molar-refractivity contribution in [2.75, 3.05) is 5.32 Å². The van der Waals surface area contributed by atoms with Gasteiger partial charge in [0.1, 0.15) is 0 Å². The van der Waals surface area contributed by atoms with Crippen molar-refractivity contribution in [3.63, 3.8) is 0 Å².